The van der Waals surface area contributed by atoms with Crippen LogP contribution in [-0.2, 0) is 9.59 Å². The molecule has 0 aromatic rings. The maximum absolute atomic E-state index is 11.2. The molecule has 5 nitrogen and oxygen atoms in total. The first-order chi connectivity index (χ1) is 6.43. The van der Waals surface area contributed by atoms with Crippen LogP contribution >= 0.6 is 0 Å². The molecule has 14 heavy (non-hydrogen) atoms. The van der Waals surface area contributed by atoms with Crippen LogP contribution in [0.1, 0.15) is 27.2 Å². The SMILES string of the molecule is CC(C)NCCC(=O)NC(C)C(N)=O. The fourth-order valence-corrected chi connectivity index (χ4v) is 0.859. The zero-order valence-electron chi connectivity index (χ0n) is 8.96. The summed E-state index contributed by atoms with van der Waals surface area (Å²) in [6.45, 7) is 6.18. The van der Waals surface area contributed by atoms with Crippen LogP contribution in [0.2, 0.25) is 0 Å². The molecule has 0 aliphatic rings. The van der Waals surface area contributed by atoms with Crippen LogP contribution in [0.5, 0.6) is 0 Å². The van der Waals surface area contributed by atoms with E-state index >= 15 is 0 Å². The highest BCUT2D eigenvalue weighted by Crippen LogP contribution is 1.84. The molecule has 82 valence electrons. The van der Waals surface area contributed by atoms with Crippen molar-refractivity contribution in [2.24, 2.45) is 5.73 Å². The molecule has 0 fully saturated rings. The van der Waals surface area contributed by atoms with Crippen LogP contribution in [0, 0.1) is 0 Å². The maximum atomic E-state index is 11.2. The summed E-state index contributed by atoms with van der Waals surface area (Å²) in [5, 5.41) is 5.60. The van der Waals surface area contributed by atoms with Crippen molar-refractivity contribution in [2.45, 2.75) is 39.3 Å². The van der Waals surface area contributed by atoms with Crippen molar-refractivity contribution in [3.8, 4) is 0 Å². The van der Waals surface area contributed by atoms with Gasteiger partial charge >= 0.3 is 0 Å². The molecule has 0 aliphatic carbocycles. The van der Waals surface area contributed by atoms with Crippen molar-refractivity contribution in [1.82, 2.24) is 10.6 Å². The van der Waals surface area contributed by atoms with E-state index in [9.17, 15) is 9.59 Å². The number of rotatable bonds is 6. The first-order valence-corrected chi connectivity index (χ1v) is 4.75. The lowest BCUT2D eigenvalue weighted by Crippen LogP contribution is -2.43. The Hall–Kier alpha value is -1.10. The van der Waals surface area contributed by atoms with Crippen LogP contribution in [0.3, 0.4) is 0 Å². The molecule has 0 aromatic carbocycles. The van der Waals surface area contributed by atoms with Gasteiger partial charge in [0.1, 0.15) is 6.04 Å². The predicted molar refractivity (Wildman–Crippen MR) is 54.6 cm³/mol. The minimum absolute atomic E-state index is 0.163. The van der Waals surface area contributed by atoms with Crippen LogP contribution < -0.4 is 16.4 Å². The zero-order chi connectivity index (χ0) is 11.1. The fourth-order valence-electron chi connectivity index (χ4n) is 0.859. The summed E-state index contributed by atoms with van der Waals surface area (Å²) in [6, 6.07) is -0.238. The van der Waals surface area contributed by atoms with Gasteiger partial charge in [-0.2, -0.15) is 0 Å². The van der Waals surface area contributed by atoms with E-state index in [1.807, 2.05) is 13.8 Å². The van der Waals surface area contributed by atoms with Crippen molar-refractivity contribution < 1.29 is 9.59 Å². The Morgan fingerprint density at radius 2 is 1.86 bits per heavy atom. The molecule has 1 atom stereocenters. The van der Waals surface area contributed by atoms with Gasteiger partial charge in [-0.15, -0.1) is 0 Å². The van der Waals surface area contributed by atoms with Gasteiger partial charge in [0.15, 0.2) is 0 Å². The van der Waals surface area contributed by atoms with Gasteiger partial charge in [0.2, 0.25) is 11.8 Å². The number of hydrogen-bond donors (Lipinski definition) is 3. The Morgan fingerprint density at radius 3 is 2.29 bits per heavy atom. The Kier molecular flexibility index (Phi) is 5.87. The van der Waals surface area contributed by atoms with Crippen LogP contribution in [0.15, 0.2) is 0 Å². The van der Waals surface area contributed by atoms with E-state index in [2.05, 4.69) is 10.6 Å². The lowest BCUT2D eigenvalue weighted by atomic mass is 10.3. The molecule has 0 rings (SSSR count). The Labute approximate surface area is 84.4 Å². The number of nitrogens with two attached hydrogens (primary N) is 1. The normalized spacial score (nSPS) is 12.6. The Balaban J connectivity index is 3.60. The van der Waals surface area contributed by atoms with Gasteiger partial charge < -0.3 is 16.4 Å². The predicted octanol–water partition coefficient (Wildman–Crippen LogP) is -0.635. The molecule has 0 aliphatic heterocycles. The van der Waals surface area contributed by atoms with E-state index in [1.54, 1.807) is 6.92 Å². The minimum Gasteiger partial charge on any atom is -0.368 e. The summed E-state index contributed by atoms with van der Waals surface area (Å²) in [6.07, 6.45) is 0.357. The molecule has 0 saturated carbocycles. The summed E-state index contributed by atoms with van der Waals surface area (Å²) in [4.78, 5) is 21.8. The van der Waals surface area contributed by atoms with Crippen molar-refractivity contribution in [2.75, 3.05) is 6.54 Å². The van der Waals surface area contributed by atoms with Gasteiger partial charge in [0.25, 0.3) is 0 Å². The largest absolute Gasteiger partial charge is 0.368 e. The summed E-state index contributed by atoms with van der Waals surface area (Å²) in [5.41, 5.74) is 4.99. The van der Waals surface area contributed by atoms with Crippen LogP contribution in [0.4, 0.5) is 0 Å². The zero-order valence-corrected chi connectivity index (χ0v) is 8.96. The highest BCUT2D eigenvalue weighted by atomic mass is 16.2. The monoisotopic (exact) mass is 201 g/mol. The summed E-state index contributed by atoms with van der Waals surface area (Å²) < 4.78 is 0. The number of primary amides is 1. The van der Waals surface area contributed by atoms with E-state index in [1.165, 1.54) is 0 Å². The number of carbonyl (C=O) groups excluding carboxylic acids is 2. The Morgan fingerprint density at radius 1 is 1.29 bits per heavy atom. The molecule has 0 saturated heterocycles. The van der Waals surface area contributed by atoms with Gasteiger partial charge in [-0.1, -0.05) is 13.8 Å². The first kappa shape index (κ1) is 12.9. The number of amides is 2. The van der Waals surface area contributed by atoms with Crippen LogP contribution in [-0.4, -0.2) is 30.4 Å². The molecule has 0 spiro atoms. The molecule has 2 amide bonds. The van der Waals surface area contributed by atoms with Crippen LogP contribution in [0.25, 0.3) is 0 Å². The molecule has 4 N–H and O–H groups in total. The van der Waals surface area contributed by atoms with Gasteiger partial charge in [-0.3, -0.25) is 9.59 Å². The molecule has 0 bridgehead atoms. The second kappa shape index (κ2) is 6.37. The molecular weight excluding hydrogens is 182 g/mol. The van der Waals surface area contributed by atoms with Gasteiger partial charge in [-0.05, 0) is 6.92 Å². The lowest BCUT2D eigenvalue weighted by Gasteiger charge is -2.11. The number of hydrogen-bond acceptors (Lipinski definition) is 3. The molecule has 1 unspecified atom stereocenters. The van der Waals surface area contributed by atoms with Crippen molar-refractivity contribution in [3.63, 3.8) is 0 Å². The van der Waals surface area contributed by atoms with E-state index in [0.29, 0.717) is 19.0 Å². The van der Waals surface area contributed by atoms with E-state index in [-0.39, 0.29) is 5.91 Å². The number of nitrogens with one attached hydrogen (secondary N) is 2. The average molecular weight is 201 g/mol. The molecule has 0 radical (unpaired) electrons. The van der Waals surface area contributed by atoms with Crippen molar-refractivity contribution in [1.29, 1.82) is 0 Å². The van der Waals surface area contributed by atoms with E-state index < -0.39 is 11.9 Å². The third-order valence-electron chi connectivity index (χ3n) is 1.71. The lowest BCUT2D eigenvalue weighted by molar-refractivity contribution is -0.126. The summed E-state index contributed by atoms with van der Waals surface area (Å²) in [7, 11) is 0. The van der Waals surface area contributed by atoms with Gasteiger partial charge in [0.05, 0.1) is 0 Å². The smallest absolute Gasteiger partial charge is 0.239 e. The van der Waals surface area contributed by atoms with E-state index in [4.69, 9.17) is 5.73 Å². The maximum Gasteiger partial charge on any atom is 0.239 e. The number of carbonyl (C=O) groups is 2. The Bertz CT molecular complexity index is 204. The summed E-state index contributed by atoms with van der Waals surface area (Å²) >= 11 is 0. The first-order valence-electron chi connectivity index (χ1n) is 4.75. The highest BCUT2D eigenvalue weighted by Gasteiger charge is 2.11. The second-order valence-corrected chi connectivity index (χ2v) is 3.55. The van der Waals surface area contributed by atoms with Gasteiger partial charge in [-0.25, -0.2) is 0 Å². The molecule has 5 heteroatoms. The third-order valence-corrected chi connectivity index (χ3v) is 1.71. The van der Waals surface area contributed by atoms with Crippen molar-refractivity contribution >= 4 is 11.8 Å². The minimum atomic E-state index is -0.596. The van der Waals surface area contributed by atoms with E-state index in [0.717, 1.165) is 0 Å². The topological polar surface area (TPSA) is 84.2 Å². The van der Waals surface area contributed by atoms with Gasteiger partial charge in [0, 0.05) is 19.0 Å². The fraction of sp³-hybridized carbons (Fsp3) is 0.778. The third kappa shape index (κ3) is 6.42. The average Bonchev–Trinajstić information content (AvgIpc) is 2.02. The molecule has 0 aromatic heterocycles. The standard InChI is InChI=1S/C9H19N3O2/c1-6(2)11-5-4-8(13)12-7(3)9(10)14/h6-7,11H,4-5H2,1-3H3,(H2,10,14)(H,12,13). The quantitative estimate of drug-likeness (QED) is 0.534. The molecular formula is C9H19N3O2. The van der Waals surface area contributed by atoms with Crippen molar-refractivity contribution in [3.05, 3.63) is 0 Å². The highest BCUT2D eigenvalue weighted by molar-refractivity contribution is 5.86. The second-order valence-electron chi connectivity index (χ2n) is 3.55. The summed E-state index contributed by atoms with van der Waals surface area (Å²) in [5.74, 6) is -0.681. The molecule has 0 heterocycles.